The molecule has 0 aliphatic heterocycles. The van der Waals surface area contributed by atoms with Crippen LogP contribution in [0.4, 0.5) is 0 Å². The van der Waals surface area contributed by atoms with E-state index < -0.39 is 0 Å². The number of halogens is 3. The molecule has 0 saturated heterocycles. The molecule has 0 radical (unpaired) electrons. The van der Waals surface area contributed by atoms with E-state index in [1.54, 1.807) is 11.3 Å². The lowest BCUT2D eigenvalue weighted by Crippen LogP contribution is -2.23. The van der Waals surface area contributed by atoms with Crippen LogP contribution in [0.25, 0.3) is 0 Å². The van der Waals surface area contributed by atoms with Crippen LogP contribution in [0.2, 0.25) is 4.34 Å². The molecule has 1 unspecified atom stereocenters. The van der Waals surface area contributed by atoms with Gasteiger partial charge in [0.05, 0.1) is 10.4 Å². The largest absolute Gasteiger partial charge is 0.306 e. The van der Waals surface area contributed by atoms with E-state index in [-0.39, 0.29) is 6.04 Å². The summed E-state index contributed by atoms with van der Waals surface area (Å²) in [6, 6.07) is 10.7. The standard InChI is InChI=1S/C14H14BrClINS/c1-2-7-18-14(12-5-6-13(16)19-12)10-8-9(15)3-4-11(10)17/h3-6,8,14,18H,2,7H2,1H3. The van der Waals surface area contributed by atoms with E-state index in [4.69, 9.17) is 11.6 Å². The van der Waals surface area contributed by atoms with Gasteiger partial charge in [0, 0.05) is 12.9 Å². The van der Waals surface area contributed by atoms with Gasteiger partial charge in [0.15, 0.2) is 0 Å². The molecule has 1 aromatic carbocycles. The van der Waals surface area contributed by atoms with Gasteiger partial charge < -0.3 is 5.32 Å². The van der Waals surface area contributed by atoms with Crippen LogP contribution in [0.3, 0.4) is 0 Å². The summed E-state index contributed by atoms with van der Waals surface area (Å²) in [6.07, 6.45) is 1.11. The van der Waals surface area contributed by atoms with Crippen molar-refractivity contribution in [3.05, 3.63) is 53.2 Å². The van der Waals surface area contributed by atoms with Gasteiger partial charge in [-0.1, -0.05) is 34.5 Å². The van der Waals surface area contributed by atoms with E-state index in [1.807, 2.05) is 6.07 Å². The zero-order valence-electron chi connectivity index (χ0n) is 10.4. The molecule has 2 rings (SSSR count). The molecule has 102 valence electrons. The van der Waals surface area contributed by atoms with Crippen molar-refractivity contribution in [2.75, 3.05) is 6.54 Å². The number of thiophene rings is 1. The van der Waals surface area contributed by atoms with Gasteiger partial charge in [-0.2, -0.15) is 0 Å². The van der Waals surface area contributed by atoms with Crippen molar-refractivity contribution in [2.45, 2.75) is 19.4 Å². The van der Waals surface area contributed by atoms with Crippen molar-refractivity contribution in [3.63, 3.8) is 0 Å². The van der Waals surface area contributed by atoms with E-state index in [0.717, 1.165) is 21.8 Å². The van der Waals surface area contributed by atoms with Crippen molar-refractivity contribution in [1.29, 1.82) is 0 Å². The molecule has 1 heterocycles. The van der Waals surface area contributed by atoms with Gasteiger partial charge in [-0.3, -0.25) is 0 Å². The third-order valence-electron chi connectivity index (χ3n) is 2.75. The molecule has 1 nitrogen and oxygen atoms in total. The van der Waals surface area contributed by atoms with E-state index in [2.05, 4.69) is 75.0 Å². The number of benzene rings is 1. The van der Waals surface area contributed by atoms with E-state index in [9.17, 15) is 0 Å². The summed E-state index contributed by atoms with van der Waals surface area (Å²) in [7, 11) is 0. The molecule has 0 spiro atoms. The zero-order valence-corrected chi connectivity index (χ0v) is 15.7. The summed E-state index contributed by atoms with van der Waals surface area (Å²) in [4.78, 5) is 1.26. The molecular weight excluding hydrogens is 456 g/mol. The van der Waals surface area contributed by atoms with Crippen LogP contribution in [-0.2, 0) is 0 Å². The van der Waals surface area contributed by atoms with Crippen LogP contribution in [0.15, 0.2) is 34.8 Å². The maximum Gasteiger partial charge on any atom is 0.0931 e. The van der Waals surface area contributed by atoms with Gasteiger partial charge in [-0.25, -0.2) is 0 Å². The summed E-state index contributed by atoms with van der Waals surface area (Å²) in [5.74, 6) is 0. The van der Waals surface area contributed by atoms with Gasteiger partial charge in [-0.05, 0) is 71.5 Å². The Morgan fingerprint density at radius 3 is 2.79 bits per heavy atom. The quantitative estimate of drug-likeness (QED) is 0.540. The molecule has 0 amide bonds. The molecule has 1 aromatic heterocycles. The molecule has 0 saturated carbocycles. The van der Waals surface area contributed by atoms with Gasteiger partial charge in [0.2, 0.25) is 0 Å². The average Bonchev–Trinajstić information content (AvgIpc) is 2.80. The summed E-state index contributed by atoms with van der Waals surface area (Å²) in [6.45, 7) is 3.17. The Labute approximate surface area is 145 Å². The first kappa shape index (κ1) is 15.8. The minimum absolute atomic E-state index is 0.210. The SMILES string of the molecule is CCCNC(c1ccc(Cl)s1)c1cc(Br)ccc1I. The van der Waals surface area contributed by atoms with Crippen LogP contribution < -0.4 is 5.32 Å². The zero-order chi connectivity index (χ0) is 13.8. The third-order valence-corrected chi connectivity index (χ3v) is 5.52. The van der Waals surface area contributed by atoms with Crippen LogP contribution in [0.5, 0.6) is 0 Å². The molecule has 5 heteroatoms. The predicted molar refractivity (Wildman–Crippen MR) is 96.3 cm³/mol. The topological polar surface area (TPSA) is 12.0 Å². The maximum absolute atomic E-state index is 6.08. The highest BCUT2D eigenvalue weighted by Crippen LogP contribution is 2.34. The Hall–Kier alpha value is 0.380. The fourth-order valence-corrected chi connectivity index (χ4v) is 4.05. The average molecular weight is 471 g/mol. The minimum atomic E-state index is 0.210. The highest BCUT2D eigenvalue weighted by Gasteiger charge is 2.18. The first-order valence-corrected chi connectivity index (χ1v) is 9.12. The molecule has 1 N–H and O–H groups in total. The Kier molecular flexibility index (Phi) is 6.14. The monoisotopic (exact) mass is 469 g/mol. The second-order valence-electron chi connectivity index (χ2n) is 4.19. The first-order valence-electron chi connectivity index (χ1n) is 6.05. The number of hydrogen-bond acceptors (Lipinski definition) is 2. The lowest BCUT2D eigenvalue weighted by atomic mass is 10.1. The second-order valence-corrected chi connectivity index (χ2v) is 8.02. The number of hydrogen-bond donors (Lipinski definition) is 1. The Bertz CT molecular complexity index is 558. The van der Waals surface area contributed by atoms with Crippen LogP contribution >= 0.6 is 61.5 Å². The van der Waals surface area contributed by atoms with Gasteiger partial charge in [0.1, 0.15) is 0 Å². The second kappa shape index (κ2) is 7.41. The number of nitrogens with one attached hydrogen (secondary N) is 1. The van der Waals surface area contributed by atoms with Gasteiger partial charge >= 0.3 is 0 Å². The fourth-order valence-electron chi connectivity index (χ4n) is 1.87. The maximum atomic E-state index is 6.08. The molecule has 0 aliphatic carbocycles. The van der Waals surface area contributed by atoms with Gasteiger partial charge in [0.25, 0.3) is 0 Å². The lowest BCUT2D eigenvalue weighted by molar-refractivity contribution is 0.604. The van der Waals surface area contributed by atoms with Crippen molar-refractivity contribution >= 4 is 61.5 Å². The van der Waals surface area contributed by atoms with Crippen molar-refractivity contribution in [3.8, 4) is 0 Å². The van der Waals surface area contributed by atoms with Crippen molar-refractivity contribution < 1.29 is 0 Å². The molecule has 0 bridgehead atoms. The minimum Gasteiger partial charge on any atom is -0.306 e. The lowest BCUT2D eigenvalue weighted by Gasteiger charge is -2.19. The highest BCUT2D eigenvalue weighted by atomic mass is 127. The van der Waals surface area contributed by atoms with Crippen LogP contribution in [-0.4, -0.2) is 6.54 Å². The first-order chi connectivity index (χ1) is 9.11. The third kappa shape index (κ3) is 4.17. The predicted octanol–water partition coefficient (Wildman–Crippen LogP) is 5.86. The van der Waals surface area contributed by atoms with Crippen LogP contribution in [0.1, 0.15) is 29.8 Å². The van der Waals surface area contributed by atoms with Crippen LogP contribution in [0, 0.1) is 3.57 Å². The molecule has 19 heavy (non-hydrogen) atoms. The fraction of sp³-hybridized carbons (Fsp3) is 0.286. The van der Waals surface area contributed by atoms with Crippen molar-refractivity contribution in [2.24, 2.45) is 0 Å². The van der Waals surface area contributed by atoms with Gasteiger partial charge in [-0.15, -0.1) is 11.3 Å². The highest BCUT2D eigenvalue weighted by molar-refractivity contribution is 14.1. The molecule has 1 atom stereocenters. The molecule has 2 aromatic rings. The number of rotatable bonds is 5. The summed E-state index contributed by atoms with van der Waals surface area (Å²) in [5.41, 5.74) is 1.29. The normalized spacial score (nSPS) is 12.6. The Balaban J connectivity index is 2.39. The molecular formula is C14H14BrClINS. The summed E-state index contributed by atoms with van der Waals surface area (Å²) < 4.78 is 3.20. The smallest absolute Gasteiger partial charge is 0.0931 e. The summed E-state index contributed by atoms with van der Waals surface area (Å²) in [5, 5.41) is 3.61. The van der Waals surface area contributed by atoms with Crippen molar-refractivity contribution in [1.82, 2.24) is 5.32 Å². The molecule has 0 fully saturated rings. The van der Waals surface area contributed by atoms with E-state index in [1.165, 1.54) is 14.0 Å². The summed E-state index contributed by atoms with van der Waals surface area (Å²) >= 11 is 13.7. The Morgan fingerprint density at radius 2 is 2.16 bits per heavy atom. The Morgan fingerprint density at radius 1 is 1.37 bits per heavy atom. The van der Waals surface area contributed by atoms with E-state index in [0.29, 0.717) is 0 Å². The molecule has 0 aliphatic rings. The van der Waals surface area contributed by atoms with E-state index >= 15 is 0 Å².